The fraction of sp³-hybridized carbons (Fsp3) is 0.158. The normalized spacial score (nSPS) is 12.4. The van der Waals surface area contributed by atoms with Crippen LogP contribution < -0.4 is 10.9 Å². The number of benzene rings is 1. The van der Waals surface area contributed by atoms with Gasteiger partial charge in [-0.1, -0.05) is 12.1 Å². The van der Waals surface area contributed by atoms with E-state index >= 15 is 0 Å². The number of aromatic nitrogens is 3. The Labute approximate surface area is 153 Å². The molecular weight excluding hydrogens is 348 g/mol. The summed E-state index contributed by atoms with van der Waals surface area (Å²) >= 11 is 1.30. The van der Waals surface area contributed by atoms with E-state index < -0.39 is 6.04 Å². The van der Waals surface area contributed by atoms with Gasteiger partial charge in [0.2, 0.25) is 5.91 Å². The fourth-order valence-corrected chi connectivity index (χ4v) is 3.89. The predicted octanol–water partition coefficient (Wildman–Crippen LogP) is 3.51. The van der Waals surface area contributed by atoms with Crippen molar-refractivity contribution in [2.24, 2.45) is 0 Å². The van der Waals surface area contributed by atoms with Crippen LogP contribution in [-0.4, -0.2) is 20.4 Å². The van der Waals surface area contributed by atoms with Crippen LogP contribution >= 0.6 is 11.3 Å². The van der Waals surface area contributed by atoms with Gasteiger partial charge in [-0.15, -0.1) is 11.3 Å². The maximum atomic E-state index is 12.9. The molecule has 0 bridgehead atoms. The molecule has 1 aromatic carbocycles. The molecule has 0 aliphatic carbocycles. The monoisotopic (exact) mass is 364 g/mol. The van der Waals surface area contributed by atoms with Gasteiger partial charge in [-0.2, -0.15) is 0 Å². The molecule has 4 rings (SSSR count). The van der Waals surface area contributed by atoms with Crippen LogP contribution in [0.25, 0.3) is 20.4 Å². The number of pyridine rings is 1. The number of nitrogens with zero attached hydrogens (tertiary/aromatic N) is 3. The summed E-state index contributed by atoms with van der Waals surface area (Å²) in [5.41, 5.74) is 2.15. The molecule has 6 nitrogen and oxygen atoms in total. The molecule has 7 heteroatoms. The lowest BCUT2D eigenvalue weighted by Gasteiger charge is -2.15. The van der Waals surface area contributed by atoms with Crippen molar-refractivity contribution in [2.75, 3.05) is 5.32 Å². The van der Waals surface area contributed by atoms with Crippen molar-refractivity contribution >= 4 is 43.4 Å². The number of rotatable bonds is 3. The predicted molar refractivity (Wildman–Crippen MR) is 104 cm³/mol. The van der Waals surface area contributed by atoms with E-state index in [2.05, 4.69) is 15.3 Å². The third kappa shape index (κ3) is 2.76. The second-order valence-electron chi connectivity index (χ2n) is 6.13. The lowest BCUT2D eigenvalue weighted by Crippen LogP contribution is -2.31. The molecule has 1 atom stereocenters. The van der Waals surface area contributed by atoms with E-state index in [-0.39, 0.29) is 11.5 Å². The molecule has 0 radical (unpaired) electrons. The Morgan fingerprint density at radius 1 is 1.23 bits per heavy atom. The number of nitrogens with one attached hydrogen (secondary N) is 1. The zero-order valence-corrected chi connectivity index (χ0v) is 15.1. The second-order valence-corrected chi connectivity index (χ2v) is 7.13. The zero-order chi connectivity index (χ0) is 18.3. The summed E-state index contributed by atoms with van der Waals surface area (Å²) in [6.45, 7) is 3.64. The largest absolute Gasteiger partial charge is 0.324 e. The summed E-state index contributed by atoms with van der Waals surface area (Å²) in [7, 11) is 0. The van der Waals surface area contributed by atoms with E-state index in [4.69, 9.17) is 0 Å². The van der Waals surface area contributed by atoms with Crippen LogP contribution in [0.4, 0.5) is 5.69 Å². The van der Waals surface area contributed by atoms with Crippen LogP contribution in [0.2, 0.25) is 0 Å². The smallest absolute Gasteiger partial charge is 0.272 e. The number of hydrogen-bond donors (Lipinski definition) is 1. The summed E-state index contributed by atoms with van der Waals surface area (Å²) < 4.78 is 1.87. The molecule has 1 N–H and O–H groups in total. The van der Waals surface area contributed by atoms with Crippen LogP contribution in [0.3, 0.4) is 0 Å². The number of hydrogen-bond acceptors (Lipinski definition) is 5. The van der Waals surface area contributed by atoms with Gasteiger partial charge < -0.3 is 5.32 Å². The highest BCUT2D eigenvalue weighted by Crippen LogP contribution is 2.28. The molecule has 3 aromatic heterocycles. The topological polar surface area (TPSA) is 76.9 Å². The van der Waals surface area contributed by atoms with Gasteiger partial charge in [-0.3, -0.25) is 14.2 Å². The Morgan fingerprint density at radius 2 is 2.08 bits per heavy atom. The Balaban J connectivity index is 1.71. The van der Waals surface area contributed by atoms with Gasteiger partial charge in [0.1, 0.15) is 15.6 Å². The van der Waals surface area contributed by atoms with E-state index in [1.165, 1.54) is 22.2 Å². The van der Waals surface area contributed by atoms with Crippen molar-refractivity contribution in [2.45, 2.75) is 19.9 Å². The molecule has 4 aromatic rings. The Kier molecular flexibility index (Phi) is 4.00. The molecule has 0 saturated carbocycles. The van der Waals surface area contributed by atoms with Crippen LogP contribution in [0.5, 0.6) is 0 Å². The van der Waals surface area contributed by atoms with Crippen molar-refractivity contribution in [1.29, 1.82) is 0 Å². The molecule has 26 heavy (non-hydrogen) atoms. The van der Waals surface area contributed by atoms with Crippen LogP contribution in [0.1, 0.15) is 18.5 Å². The van der Waals surface area contributed by atoms with E-state index in [0.717, 1.165) is 15.8 Å². The van der Waals surface area contributed by atoms with E-state index in [1.54, 1.807) is 13.1 Å². The molecule has 1 unspecified atom stereocenters. The fourth-order valence-electron chi connectivity index (χ4n) is 2.85. The maximum absolute atomic E-state index is 12.9. The lowest BCUT2D eigenvalue weighted by atomic mass is 10.2. The average molecular weight is 364 g/mol. The molecule has 130 valence electrons. The highest BCUT2D eigenvalue weighted by Gasteiger charge is 2.20. The minimum atomic E-state index is -0.682. The molecule has 0 aliphatic heterocycles. The average Bonchev–Trinajstić information content (AvgIpc) is 3.01. The van der Waals surface area contributed by atoms with Crippen LogP contribution in [0.15, 0.2) is 53.7 Å². The summed E-state index contributed by atoms with van der Waals surface area (Å²) in [6.07, 6.45) is 3.12. The van der Waals surface area contributed by atoms with E-state index in [1.807, 2.05) is 43.3 Å². The van der Waals surface area contributed by atoms with E-state index in [9.17, 15) is 9.59 Å². The lowest BCUT2D eigenvalue weighted by molar-refractivity contribution is -0.118. The summed E-state index contributed by atoms with van der Waals surface area (Å²) in [4.78, 5) is 34.9. The maximum Gasteiger partial charge on any atom is 0.272 e. The highest BCUT2D eigenvalue weighted by molar-refractivity contribution is 7.25. The van der Waals surface area contributed by atoms with Gasteiger partial charge in [-0.05, 0) is 43.7 Å². The molecule has 0 spiro atoms. The van der Waals surface area contributed by atoms with Crippen molar-refractivity contribution < 1.29 is 4.79 Å². The van der Waals surface area contributed by atoms with Gasteiger partial charge >= 0.3 is 0 Å². The first-order chi connectivity index (χ1) is 12.5. The summed E-state index contributed by atoms with van der Waals surface area (Å²) in [5, 5.41) is 3.70. The molecule has 1 amide bonds. The highest BCUT2D eigenvalue weighted by atomic mass is 32.1. The van der Waals surface area contributed by atoms with Crippen molar-refractivity contribution in [3.8, 4) is 0 Å². The third-order valence-electron chi connectivity index (χ3n) is 4.26. The number of aryl methyl sites for hydroxylation is 1. The van der Waals surface area contributed by atoms with Gasteiger partial charge in [0.05, 0.1) is 11.8 Å². The number of amides is 1. The first kappa shape index (κ1) is 16.4. The third-order valence-corrected chi connectivity index (χ3v) is 5.35. The standard InChI is InChI=1S/C19H16N4O2S/c1-11-5-3-6-13(9-11)22-17(24)12(2)23-10-21-15-14-7-4-8-20-18(14)26-16(15)19(23)25/h3-10,12H,1-2H3,(H,22,24). The zero-order valence-electron chi connectivity index (χ0n) is 14.3. The Hall–Kier alpha value is -3.06. The molecule has 3 heterocycles. The van der Waals surface area contributed by atoms with Gasteiger partial charge in [-0.25, -0.2) is 9.97 Å². The quantitative estimate of drug-likeness (QED) is 0.603. The van der Waals surface area contributed by atoms with Crippen LogP contribution in [-0.2, 0) is 4.79 Å². The molecule has 0 saturated heterocycles. The Bertz CT molecular complexity index is 1200. The number of thiophene rings is 1. The Morgan fingerprint density at radius 3 is 2.88 bits per heavy atom. The van der Waals surface area contributed by atoms with Gasteiger partial charge in [0.25, 0.3) is 5.56 Å². The van der Waals surface area contributed by atoms with Gasteiger partial charge in [0.15, 0.2) is 0 Å². The number of carbonyl (C=O) groups excluding carboxylic acids is 1. The SMILES string of the molecule is Cc1cccc(NC(=O)C(C)n2cnc3c(sc4ncccc43)c2=O)c1. The second kappa shape index (κ2) is 6.34. The van der Waals surface area contributed by atoms with Crippen LogP contribution in [0, 0.1) is 6.92 Å². The first-order valence-corrected chi connectivity index (χ1v) is 8.98. The summed E-state index contributed by atoms with van der Waals surface area (Å²) in [6, 6.07) is 10.6. The van der Waals surface area contributed by atoms with Crippen molar-refractivity contribution in [1.82, 2.24) is 14.5 Å². The molecule has 0 fully saturated rings. The number of fused-ring (bicyclic) bond motifs is 3. The minimum absolute atomic E-state index is 0.232. The van der Waals surface area contributed by atoms with Gasteiger partial charge in [0, 0.05) is 17.3 Å². The van der Waals surface area contributed by atoms with Crippen molar-refractivity contribution in [3.05, 3.63) is 64.8 Å². The number of anilines is 1. The van der Waals surface area contributed by atoms with Crippen molar-refractivity contribution in [3.63, 3.8) is 0 Å². The van der Waals surface area contributed by atoms with E-state index in [0.29, 0.717) is 15.9 Å². The first-order valence-electron chi connectivity index (χ1n) is 8.16. The molecular formula is C19H16N4O2S. The summed E-state index contributed by atoms with van der Waals surface area (Å²) in [5.74, 6) is -0.266. The number of carbonyl (C=O) groups is 1. The molecule has 0 aliphatic rings. The minimum Gasteiger partial charge on any atom is -0.324 e.